The zero-order valence-corrected chi connectivity index (χ0v) is 51.2. The minimum Gasteiger partial charge on any atom is -0.462 e. The van der Waals surface area contributed by atoms with Gasteiger partial charge in [-0.2, -0.15) is 0 Å². The Morgan fingerprint density at radius 3 is 0.859 bits per heavy atom. The molecule has 1 atom stereocenters. The Balaban J connectivity index is 4.40. The van der Waals surface area contributed by atoms with Crippen LogP contribution in [0.2, 0.25) is 0 Å². The third kappa shape index (κ3) is 62.9. The number of rotatable bonds is 59. The van der Waals surface area contributed by atoms with Crippen molar-refractivity contribution in [3.8, 4) is 0 Å². The van der Waals surface area contributed by atoms with Gasteiger partial charge in [0, 0.05) is 19.3 Å². The Hall–Kier alpha value is -3.93. The highest BCUT2D eigenvalue weighted by Gasteiger charge is 2.19. The summed E-state index contributed by atoms with van der Waals surface area (Å²) >= 11 is 0. The lowest BCUT2D eigenvalue weighted by Crippen LogP contribution is -2.30. The summed E-state index contributed by atoms with van der Waals surface area (Å²) in [5.41, 5.74) is 0. The van der Waals surface area contributed by atoms with Crippen molar-refractivity contribution in [2.24, 2.45) is 0 Å². The van der Waals surface area contributed by atoms with Gasteiger partial charge in [0.2, 0.25) is 0 Å². The molecule has 0 rings (SSSR count). The van der Waals surface area contributed by atoms with Crippen LogP contribution in [-0.2, 0) is 28.6 Å². The van der Waals surface area contributed by atoms with Gasteiger partial charge in [0.05, 0.1) is 0 Å². The first kappa shape index (κ1) is 74.1. The number of carbonyl (C=O) groups excluding carboxylic acids is 3. The van der Waals surface area contributed by atoms with Gasteiger partial charge in [-0.1, -0.05) is 278 Å². The molecule has 0 saturated carbocycles. The molecule has 0 amide bonds. The van der Waals surface area contributed by atoms with Crippen LogP contribution >= 0.6 is 0 Å². The SMILES string of the molecule is CC/C=C\C/C=C\C/C=C\C/C=C\C/C=C\C/C=C\CCCCC(=O)OC(COC(=O)CCCCCCC/C=C\C/C=C\CCCC)COC(=O)CCCCCCCCCCCCCCC/C=C\CCCCCCCCCC. The normalized spacial score (nSPS) is 12.8. The number of ether oxygens (including phenoxy) is 3. The van der Waals surface area contributed by atoms with E-state index in [1.165, 1.54) is 148 Å². The van der Waals surface area contributed by atoms with Gasteiger partial charge in [-0.05, 0) is 122 Å². The fourth-order valence-electron chi connectivity index (χ4n) is 9.05. The minimum absolute atomic E-state index is 0.100. The number of hydrogen-bond acceptors (Lipinski definition) is 6. The summed E-state index contributed by atoms with van der Waals surface area (Å²) in [5, 5.41) is 0. The highest BCUT2D eigenvalue weighted by Crippen LogP contribution is 2.16. The molecule has 0 heterocycles. The topological polar surface area (TPSA) is 78.9 Å². The van der Waals surface area contributed by atoms with E-state index < -0.39 is 6.10 Å². The molecule has 0 bridgehead atoms. The molecule has 78 heavy (non-hydrogen) atoms. The van der Waals surface area contributed by atoms with Crippen LogP contribution in [0, 0.1) is 0 Å². The van der Waals surface area contributed by atoms with Gasteiger partial charge in [-0.15, -0.1) is 0 Å². The maximum Gasteiger partial charge on any atom is 0.306 e. The molecule has 0 aliphatic rings. The van der Waals surface area contributed by atoms with Crippen molar-refractivity contribution in [2.45, 2.75) is 316 Å². The minimum atomic E-state index is -0.810. The van der Waals surface area contributed by atoms with Crippen LogP contribution in [0.25, 0.3) is 0 Å². The van der Waals surface area contributed by atoms with Gasteiger partial charge in [-0.3, -0.25) is 14.4 Å². The van der Waals surface area contributed by atoms with Crippen LogP contribution in [0.15, 0.2) is 109 Å². The molecule has 0 aromatic heterocycles. The molecule has 0 saturated heterocycles. The molecule has 0 aliphatic carbocycles. The van der Waals surface area contributed by atoms with Crippen LogP contribution in [-0.4, -0.2) is 37.2 Å². The summed E-state index contributed by atoms with van der Waals surface area (Å²) in [4.78, 5) is 38.3. The first-order valence-corrected chi connectivity index (χ1v) is 32.9. The van der Waals surface area contributed by atoms with Crippen molar-refractivity contribution in [1.82, 2.24) is 0 Å². The van der Waals surface area contributed by atoms with Crippen LogP contribution < -0.4 is 0 Å². The van der Waals surface area contributed by atoms with Crippen LogP contribution in [0.4, 0.5) is 0 Å². The Morgan fingerprint density at radius 2 is 0.513 bits per heavy atom. The van der Waals surface area contributed by atoms with Gasteiger partial charge < -0.3 is 14.2 Å². The zero-order valence-electron chi connectivity index (χ0n) is 51.2. The molecule has 0 fully saturated rings. The van der Waals surface area contributed by atoms with E-state index in [1.807, 2.05) is 0 Å². The van der Waals surface area contributed by atoms with E-state index in [1.54, 1.807) is 0 Å². The summed E-state index contributed by atoms with van der Waals surface area (Å²) in [6.07, 6.45) is 89.6. The molecule has 446 valence electrons. The quantitative estimate of drug-likeness (QED) is 0.0261. The van der Waals surface area contributed by atoms with E-state index in [0.29, 0.717) is 19.3 Å². The Morgan fingerprint density at radius 1 is 0.269 bits per heavy atom. The van der Waals surface area contributed by atoms with Crippen molar-refractivity contribution < 1.29 is 28.6 Å². The van der Waals surface area contributed by atoms with Crippen molar-refractivity contribution in [1.29, 1.82) is 0 Å². The molecular weight excluding hydrogens is 961 g/mol. The Labute approximate surface area is 482 Å². The first-order chi connectivity index (χ1) is 38.5. The molecule has 0 aromatic carbocycles. The zero-order chi connectivity index (χ0) is 56.4. The molecule has 0 aromatic rings. The van der Waals surface area contributed by atoms with Crippen LogP contribution in [0.5, 0.6) is 0 Å². The smallest absolute Gasteiger partial charge is 0.306 e. The highest BCUT2D eigenvalue weighted by molar-refractivity contribution is 5.71. The summed E-state index contributed by atoms with van der Waals surface area (Å²) < 4.78 is 16.9. The average Bonchev–Trinajstić information content (AvgIpc) is 3.44. The monoisotopic (exact) mass is 1080 g/mol. The summed E-state index contributed by atoms with van der Waals surface area (Å²) in [6.45, 7) is 6.46. The predicted octanol–water partition coefficient (Wildman–Crippen LogP) is 22.6. The largest absolute Gasteiger partial charge is 0.462 e. The second-order valence-corrected chi connectivity index (χ2v) is 21.6. The lowest BCUT2D eigenvalue weighted by Gasteiger charge is -2.18. The lowest BCUT2D eigenvalue weighted by atomic mass is 10.0. The fraction of sp³-hybridized carbons (Fsp3) is 0.708. The average molecular weight is 1080 g/mol. The highest BCUT2D eigenvalue weighted by atomic mass is 16.6. The molecule has 1 unspecified atom stereocenters. The third-order valence-electron chi connectivity index (χ3n) is 14.0. The third-order valence-corrected chi connectivity index (χ3v) is 14.0. The van der Waals surface area contributed by atoms with Gasteiger partial charge in [0.1, 0.15) is 13.2 Å². The molecule has 0 spiro atoms. The fourth-order valence-corrected chi connectivity index (χ4v) is 9.05. The van der Waals surface area contributed by atoms with E-state index in [0.717, 1.165) is 116 Å². The van der Waals surface area contributed by atoms with Gasteiger partial charge in [-0.25, -0.2) is 0 Å². The first-order valence-electron chi connectivity index (χ1n) is 32.9. The number of esters is 3. The maximum absolute atomic E-state index is 12.9. The number of carbonyl (C=O) groups is 3. The predicted molar refractivity (Wildman–Crippen MR) is 339 cm³/mol. The standard InChI is InChI=1S/C72H122O6/c1-4-7-10-13-16-19-22-25-28-30-32-34-35-36-37-39-40-42-44-47-50-53-56-59-62-65-71(74)77-68-69(67-76-70(73)64-61-58-55-52-49-46-27-24-21-18-15-12-9-6-3)78-72(75)66-63-60-57-54-51-48-45-43-41-38-33-31-29-26-23-20-17-14-11-8-5-2/h8,11,15,17-18,20,24,26-27,29-30,32-33,38,43,45,51,54,69H,4-7,9-10,12-14,16,19,21-23,25,28,31,34-37,39-42,44,46-50,52-53,55-68H2,1-3H3/b11-8-,18-15-,20-17-,27-24-,29-26-,32-30-,38-33-,45-43-,54-51-. The van der Waals surface area contributed by atoms with Crippen molar-refractivity contribution in [3.63, 3.8) is 0 Å². The van der Waals surface area contributed by atoms with E-state index in [4.69, 9.17) is 14.2 Å². The van der Waals surface area contributed by atoms with E-state index in [9.17, 15) is 14.4 Å². The molecule has 0 radical (unpaired) electrons. The number of allylic oxidation sites excluding steroid dienone is 18. The lowest BCUT2D eigenvalue weighted by molar-refractivity contribution is -0.167. The molecular formula is C72H122O6. The summed E-state index contributed by atoms with van der Waals surface area (Å²) in [6, 6.07) is 0. The summed E-state index contributed by atoms with van der Waals surface area (Å²) in [7, 11) is 0. The van der Waals surface area contributed by atoms with Gasteiger partial charge in [0.15, 0.2) is 6.10 Å². The second kappa shape index (κ2) is 65.6. The van der Waals surface area contributed by atoms with Crippen molar-refractivity contribution in [3.05, 3.63) is 109 Å². The van der Waals surface area contributed by atoms with E-state index in [-0.39, 0.29) is 37.5 Å². The molecule has 0 N–H and O–H groups in total. The van der Waals surface area contributed by atoms with E-state index >= 15 is 0 Å². The summed E-state index contributed by atoms with van der Waals surface area (Å²) in [5.74, 6) is -0.952. The van der Waals surface area contributed by atoms with E-state index in [2.05, 4.69) is 130 Å². The number of unbranched alkanes of at least 4 members (excludes halogenated alkanes) is 30. The molecule has 6 heteroatoms. The van der Waals surface area contributed by atoms with Crippen LogP contribution in [0.3, 0.4) is 0 Å². The van der Waals surface area contributed by atoms with Crippen molar-refractivity contribution >= 4 is 17.9 Å². The van der Waals surface area contributed by atoms with Crippen molar-refractivity contribution in [2.75, 3.05) is 13.2 Å². The van der Waals surface area contributed by atoms with Gasteiger partial charge in [0.25, 0.3) is 0 Å². The Kier molecular flexibility index (Phi) is 62.3. The Bertz CT molecular complexity index is 1570. The molecule has 0 aliphatic heterocycles. The molecule has 6 nitrogen and oxygen atoms in total. The number of hydrogen-bond donors (Lipinski definition) is 0. The van der Waals surface area contributed by atoms with Gasteiger partial charge >= 0.3 is 17.9 Å². The second-order valence-electron chi connectivity index (χ2n) is 21.6. The maximum atomic E-state index is 12.9. The van der Waals surface area contributed by atoms with Crippen LogP contribution in [0.1, 0.15) is 310 Å².